The third-order valence-corrected chi connectivity index (χ3v) is 13.4. The third kappa shape index (κ3) is 6.62. The lowest BCUT2D eigenvalue weighted by Gasteiger charge is -2.49. The minimum atomic E-state index is -1.02. The molecule has 0 radical (unpaired) electrons. The first-order chi connectivity index (χ1) is 22.5. The highest BCUT2D eigenvalue weighted by molar-refractivity contribution is 5.70. The van der Waals surface area contributed by atoms with Gasteiger partial charge in [-0.15, -0.1) is 0 Å². The van der Waals surface area contributed by atoms with E-state index in [-0.39, 0.29) is 60.6 Å². The number of aliphatic hydroxyl groups is 2. The highest BCUT2D eigenvalue weighted by Crippen LogP contribution is 2.55. The van der Waals surface area contributed by atoms with Crippen LogP contribution >= 0.6 is 0 Å². The Hall–Kier alpha value is -0.890. The molecule has 5 saturated heterocycles. The van der Waals surface area contributed by atoms with Gasteiger partial charge in [-0.1, -0.05) is 41.5 Å². The van der Waals surface area contributed by atoms with Gasteiger partial charge in [0, 0.05) is 44.8 Å². The summed E-state index contributed by atoms with van der Waals surface area (Å²) in [5.41, 5.74) is -1.10. The summed E-state index contributed by atoms with van der Waals surface area (Å²) in [5.74, 6) is -3.59. The fourth-order valence-corrected chi connectivity index (χ4v) is 10.2. The number of rotatable bonds is 11. The van der Waals surface area contributed by atoms with Crippen LogP contribution in [0.2, 0.25) is 0 Å². The van der Waals surface area contributed by atoms with Gasteiger partial charge in [0.25, 0.3) is 0 Å². The Balaban J connectivity index is 1.29. The molecule has 0 saturated carbocycles. The van der Waals surface area contributed by atoms with Crippen LogP contribution < -0.4 is 0 Å². The Labute approximate surface area is 287 Å². The Kier molecular flexibility index (Phi) is 11.4. The first-order valence-electron chi connectivity index (χ1n) is 18.5. The fraction of sp³-hybridized carbons (Fsp3) is 0.973. The average Bonchev–Trinajstić information content (AvgIpc) is 3.76. The summed E-state index contributed by atoms with van der Waals surface area (Å²) in [6.07, 6.45) is 3.59. The van der Waals surface area contributed by atoms with Gasteiger partial charge in [-0.05, 0) is 64.2 Å². The zero-order chi connectivity index (χ0) is 35.4. The molecular formula is C37H64O11. The summed E-state index contributed by atoms with van der Waals surface area (Å²) in [4.78, 5) is 11.8. The van der Waals surface area contributed by atoms with Crippen molar-refractivity contribution >= 4 is 5.97 Å². The Bertz CT molecular complexity index is 1120. The van der Waals surface area contributed by atoms with Crippen LogP contribution in [0.1, 0.15) is 107 Å². The summed E-state index contributed by atoms with van der Waals surface area (Å²) in [6, 6.07) is 0. The number of carboxylic acid groups (broad SMARTS) is 1. The lowest BCUT2D eigenvalue weighted by Crippen LogP contribution is -2.57. The molecule has 17 atom stereocenters. The quantitative estimate of drug-likeness (QED) is 0.273. The SMILES string of the molecule is CC[C@@]1([C@@H]2OC([C@H]3O[C@](CO)(OC)[C@H](C)C[C@@H]3C)C[C@@H]2C)CC[C@H]([C@]2(C)CCC3(C[C@H](O)[C@@H](C)[C@@H]([C@@H](C)[C@@H](OC)[C@H](C)C(=O)O)O3)O2)O1. The van der Waals surface area contributed by atoms with Crippen molar-refractivity contribution in [2.24, 2.45) is 35.5 Å². The van der Waals surface area contributed by atoms with Crippen molar-refractivity contribution in [3.05, 3.63) is 0 Å². The molecule has 0 aromatic carbocycles. The minimum Gasteiger partial charge on any atom is -0.481 e. The van der Waals surface area contributed by atoms with Crippen LogP contribution in [-0.4, -0.2) is 108 Å². The molecule has 3 N–H and O–H groups in total. The molecule has 11 nitrogen and oxygen atoms in total. The van der Waals surface area contributed by atoms with Gasteiger partial charge in [0.1, 0.15) is 0 Å². The van der Waals surface area contributed by atoms with Crippen molar-refractivity contribution in [1.29, 1.82) is 0 Å². The van der Waals surface area contributed by atoms with E-state index in [0.29, 0.717) is 19.3 Å². The van der Waals surface area contributed by atoms with Gasteiger partial charge in [0.2, 0.25) is 0 Å². The second kappa shape index (κ2) is 14.3. The summed E-state index contributed by atoms with van der Waals surface area (Å²) in [5, 5.41) is 31.2. The summed E-state index contributed by atoms with van der Waals surface area (Å²) in [7, 11) is 3.13. The van der Waals surface area contributed by atoms with Gasteiger partial charge in [0.05, 0.1) is 66.5 Å². The van der Waals surface area contributed by atoms with Gasteiger partial charge in [0.15, 0.2) is 11.6 Å². The van der Waals surface area contributed by atoms with Crippen molar-refractivity contribution in [2.75, 3.05) is 20.8 Å². The van der Waals surface area contributed by atoms with Crippen molar-refractivity contribution in [3.8, 4) is 0 Å². The van der Waals surface area contributed by atoms with E-state index in [2.05, 4.69) is 34.6 Å². The lowest BCUT2D eigenvalue weighted by atomic mass is 9.78. The highest BCUT2D eigenvalue weighted by atomic mass is 16.7. The number of methoxy groups -OCH3 is 2. The average molecular weight is 685 g/mol. The van der Waals surface area contributed by atoms with Crippen LogP contribution in [0, 0.1) is 35.5 Å². The van der Waals surface area contributed by atoms with E-state index in [0.717, 1.165) is 32.1 Å². The van der Waals surface area contributed by atoms with Crippen LogP contribution in [0.25, 0.3) is 0 Å². The first kappa shape index (κ1) is 38.3. The molecule has 278 valence electrons. The summed E-state index contributed by atoms with van der Waals surface area (Å²) < 4.78 is 45.7. The van der Waals surface area contributed by atoms with Gasteiger partial charge >= 0.3 is 5.97 Å². The molecule has 5 rings (SSSR count). The number of hydrogen-bond donors (Lipinski definition) is 3. The molecule has 0 aromatic heterocycles. The zero-order valence-corrected chi connectivity index (χ0v) is 31.0. The Morgan fingerprint density at radius 1 is 1.00 bits per heavy atom. The Morgan fingerprint density at radius 3 is 2.31 bits per heavy atom. The van der Waals surface area contributed by atoms with Gasteiger partial charge in [-0.2, -0.15) is 0 Å². The predicted molar refractivity (Wildman–Crippen MR) is 177 cm³/mol. The van der Waals surface area contributed by atoms with Crippen LogP contribution in [0.3, 0.4) is 0 Å². The molecule has 5 aliphatic heterocycles. The van der Waals surface area contributed by atoms with Crippen molar-refractivity contribution in [1.82, 2.24) is 0 Å². The van der Waals surface area contributed by atoms with E-state index in [1.54, 1.807) is 14.0 Å². The van der Waals surface area contributed by atoms with Crippen LogP contribution in [0.15, 0.2) is 0 Å². The van der Waals surface area contributed by atoms with Gasteiger partial charge < -0.3 is 48.5 Å². The summed E-state index contributed by atoms with van der Waals surface area (Å²) >= 11 is 0. The fourth-order valence-electron chi connectivity index (χ4n) is 10.2. The second-order valence-electron chi connectivity index (χ2n) is 16.5. The van der Waals surface area contributed by atoms with E-state index >= 15 is 0 Å². The molecule has 48 heavy (non-hydrogen) atoms. The van der Waals surface area contributed by atoms with Crippen molar-refractivity contribution < 1.29 is 53.3 Å². The van der Waals surface area contributed by atoms with E-state index in [1.165, 1.54) is 7.11 Å². The van der Waals surface area contributed by atoms with Crippen LogP contribution in [0.5, 0.6) is 0 Å². The van der Waals surface area contributed by atoms with Crippen molar-refractivity contribution in [2.45, 2.75) is 172 Å². The molecule has 0 amide bonds. The zero-order valence-electron chi connectivity index (χ0n) is 31.0. The maximum absolute atomic E-state index is 11.8. The molecule has 5 fully saturated rings. The number of aliphatic hydroxyl groups excluding tert-OH is 2. The predicted octanol–water partition coefficient (Wildman–Crippen LogP) is 4.93. The van der Waals surface area contributed by atoms with Gasteiger partial charge in [-0.3, -0.25) is 4.79 Å². The number of ether oxygens (including phenoxy) is 7. The second-order valence-corrected chi connectivity index (χ2v) is 16.5. The van der Waals surface area contributed by atoms with Crippen molar-refractivity contribution in [3.63, 3.8) is 0 Å². The molecule has 2 unspecified atom stereocenters. The number of aliphatic carboxylic acids is 1. The number of carboxylic acids is 1. The van der Waals surface area contributed by atoms with E-state index < -0.39 is 53.0 Å². The molecule has 0 aromatic rings. The van der Waals surface area contributed by atoms with Crippen LogP contribution in [0.4, 0.5) is 0 Å². The Morgan fingerprint density at radius 2 is 1.71 bits per heavy atom. The highest BCUT2D eigenvalue weighted by Gasteiger charge is 2.62. The topological polar surface area (TPSA) is 142 Å². The first-order valence-corrected chi connectivity index (χ1v) is 18.5. The largest absolute Gasteiger partial charge is 0.481 e. The van der Waals surface area contributed by atoms with Gasteiger partial charge in [-0.25, -0.2) is 0 Å². The lowest BCUT2D eigenvalue weighted by molar-refractivity contribution is -0.337. The molecular weight excluding hydrogens is 620 g/mol. The minimum absolute atomic E-state index is 0.0652. The van der Waals surface area contributed by atoms with E-state index in [1.807, 2.05) is 13.8 Å². The maximum atomic E-state index is 11.8. The van der Waals surface area contributed by atoms with Crippen LogP contribution in [-0.2, 0) is 38.0 Å². The molecule has 11 heteroatoms. The standard InChI is InChI=1S/C37H64O11/c1-11-35(32-21(3)17-27(44-32)29-20(2)16-22(4)37(19-38,43-10)47-29)13-12-28(45-35)34(8)14-15-36(48-34)18-26(39)23(5)31(46-36)24(6)30(42-9)25(7)33(40)41/h20-32,38-39H,11-19H2,1-10H3,(H,40,41)/t20-,21-,22+,23+,24-,25-,26-,27?,28+,29-,30+,31-,32+,34-,35-,36?,37-/m0/s1. The van der Waals surface area contributed by atoms with E-state index in [9.17, 15) is 20.1 Å². The smallest absolute Gasteiger partial charge is 0.308 e. The third-order valence-electron chi connectivity index (χ3n) is 13.4. The normalized spacial score (nSPS) is 50.1. The number of hydrogen-bond acceptors (Lipinski definition) is 10. The summed E-state index contributed by atoms with van der Waals surface area (Å²) in [6.45, 7) is 16.1. The van der Waals surface area contributed by atoms with E-state index in [4.69, 9.17) is 33.2 Å². The molecule has 0 bridgehead atoms. The molecule has 5 heterocycles. The molecule has 5 aliphatic rings. The molecule has 0 aliphatic carbocycles. The number of carbonyl (C=O) groups is 1. The monoisotopic (exact) mass is 684 g/mol. The molecule has 1 spiro atoms. The maximum Gasteiger partial charge on any atom is 0.308 e.